The second kappa shape index (κ2) is 11.9. The minimum Gasteiger partial charge on any atom is -0.381 e. The van der Waals surface area contributed by atoms with Crippen molar-refractivity contribution in [2.24, 2.45) is 10.9 Å². The predicted octanol–water partition coefficient (Wildman–Crippen LogP) is 3.09. The maximum atomic E-state index is 5.66. The fourth-order valence-electron chi connectivity index (χ4n) is 2.39. The van der Waals surface area contributed by atoms with Crippen molar-refractivity contribution in [3.05, 3.63) is 35.4 Å². The zero-order valence-electron chi connectivity index (χ0n) is 15.7. The molecule has 140 valence electrons. The number of hydrogen-bond acceptors (Lipinski definition) is 3. The number of benzene rings is 1. The Morgan fingerprint density at radius 2 is 1.84 bits per heavy atom. The number of ether oxygens (including phenoxy) is 2. The largest absolute Gasteiger partial charge is 0.381 e. The minimum atomic E-state index is 0.669. The average Bonchev–Trinajstić information content (AvgIpc) is 3.46. The molecule has 0 spiro atoms. The number of nitrogens with zero attached hydrogens (tertiary/aromatic N) is 1. The Kier molecular flexibility index (Phi) is 9.37. The van der Waals surface area contributed by atoms with E-state index in [0.717, 1.165) is 51.2 Å². The summed E-state index contributed by atoms with van der Waals surface area (Å²) >= 11 is 0. The van der Waals surface area contributed by atoms with Gasteiger partial charge in [-0.2, -0.15) is 0 Å². The molecule has 1 aromatic rings. The van der Waals surface area contributed by atoms with Gasteiger partial charge in [-0.3, -0.25) is 0 Å². The highest BCUT2D eigenvalue weighted by atomic mass is 16.5. The van der Waals surface area contributed by atoms with E-state index >= 15 is 0 Å². The highest BCUT2D eigenvalue weighted by Crippen LogP contribution is 2.28. The standard InChI is InChI=1S/C20H33N3O2/c1-3-21-20(22-12-5-13-25-16-19-10-11-19)23-14-17-6-8-18(9-7-17)15-24-4-2/h6-9,19H,3-5,10-16H2,1-2H3,(H2,21,22,23). The van der Waals surface area contributed by atoms with Crippen molar-refractivity contribution in [2.45, 2.75) is 46.3 Å². The van der Waals surface area contributed by atoms with Gasteiger partial charge in [0.15, 0.2) is 5.96 Å². The fraction of sp³-hybridized carbons (Fsp3) is 0.650. The molecule has 25 heavy (non-hydrogen) atoms. The molecule has 5 heteroatoms. The van der Waals surface area contributed by atoms with Crippen molar-refractivity contribution < 1.29 is 9.47 Å². The van der Waals surface area contributed by atoms with E-state index in [2.05, 4.69) is 46.8 Å². The van der Waals surface area contributed by atoms with Crippen LogP contribution < -0.4 is 10.6 Å². The summed E-state index contributed by atoms with van der Waals surface area (Å²) in [5, 5.41) is 6.66. The van der Waals surface area contributed by atoms with E-state index in [-0.39, 0.29) is 0 Å². The monoisotopic (exact) mass is 347 g/mol. The van der Waals surface area contributed by atoms with Gasteiger partial charge in [-0.25, -0.2) is 4.99 Å². The van der Waals surface area contributed by atoms with Crippen LogP contribution in [0.1, 0.15) is 44.2 Å². The molecule has 5 nitrogen and oxygen atoms in total. The van der Waals surface area contributed by atoms with E-state index in [1.54, 1.807) is 0 Å². The van der Waals surface area contributed by atoms with Crippen LogP contribution in [0.5, 0.6) is 0 Å². The quantitative estimate of drug-likeness (QED) is 0.347. The van der Waals surface area contributed by atoms with Gasteiger partial charge in [0.2, 0.25) is 0 Å². The number of hydrogen-bond donors (Lipinski definition) is 2. The van der Waals surface area contributed by atoms with Gasteiger partial charge in [-0.05, 0) is 50.2 Å². The molecule has 0 aliphatic heterocycles. The molecular formula is C20H33N3O2. The van der Waals surface area contributed by atoms with Gasteiger partial charge in [-0.1, -0.05) is 24.3 Å². The van der Waals surface area contributed by atoms with Crippen molar-refractivity contribution in [1.82, 2.24) is 10.6 Å². The fourth-order valence-corrected chi connectivity index (χ4v) is 2.39. The number of rotatable bonds is 12. The first kappa shape index (κ1) is 19.7. The number of nitrogens with one attached hydrogen (secondary N) is 2. The minimum absolute atomic E-state index is 0.669. The molecule has 0 radical (unpaired) electrons. The lowest BCUT2D eigenvalue weighted by atomic mass is 10.1. The van der Waals surface area contributed by atoms with Gasteiger partial charge in [0.05, 0.1) is 13.2 Å². The first-order chi connectivity index (χ1) is 12.3. The summed E-state index contributed by atoms with van der Waals surface area (Å²) in [4.78, 5) is 4.65. The van der Waals surface area contributed by atoms with Crippen LogP contribution in [-0.4, -0.2) is 38.9 Å². The first-order valence-electron chi connectivity index (χ1n) is 9.57. The zero-order chi connectivity index (χ0) is 17.7. The number of guanidine groups is 1. The molecule has 1 fully saturated rings. The molecule has 0 unspecified atom stereocenters. The van der Waals surface area contributed by atoms with Crippen molar-refractivity contribution in [3.63, 3.8) is 0 Å². The van der Waals surface area contributed by atoms with E-state index < -0.39 is 0 Å². The van der Waals surface area contributed by atoms with Crippen LogP contribution in [0.4, 0.5) is 0 Å². The Balaban J connectivity index is 1.68. The van der Waals surface area contributed by atoms with E-state index in [4.69, 9.17) is 9.47 Å². The van der Waals surface area contributed by atoms with Crippen LogP contribution in [0.15, 0.2) is 29.3 Å². The molecular weight excluding hydrogens is 314 g/mol. The van der Waals surface area contributed by atoms with Crippen LogP contribution in [0.2, 0.25) is 0 Å². The van der Waals surface area contributed by atoms with Crippen LogP contribution in [-0.2, 0) is 22.6 Å². The van der Waals surface area contributed by atoms with Gasteiger partial charge < -0.3 is 20.1 Å². The van der Waals surface area contributed by atoms with Gasteiger partial charge in [-0.15, -0.1) is 0 Å². The molecule has 0 bridgehead atoms. The van der Waals surface area contributed by atoms with Crippen molar-refractivity contribution in [1.29, 1.82) is 0 Å². The third-order valence-corrected chi connectivity index (χ3v) is 4.07. The summed E-state index contributed by atoms with van der Waals surface area (Å²) in [7, 11) is 0. The lowest BCUT2D eigenvalue weighted by molar-refractivity contribution is 0.123. The molecule has 0 heterocycles. The zero-order valence-corrected chi connectivity index (χ0v) is 15.7. The second-order valence-electron chi connectivity index (χ2n) is 6.45. The molecule has 1 aliphatic carbocycles. The molecule has 1 aliphatic rings. The highest BCUT2D eigenvalue weighted by molar-refractivity contribution is 5.79. The molecule has 2 rings (SSSR count). The lowest BCUT2D eigenvalue weighted by Gasteiger charge is -2.11. The first-order valence-corrected chi connectivity index (χ1v) is 9.57. The predicted molar refractivity (Wildman–Crippen MR) is 103 cm³/mol. The molecule has 2 N–H and O–H groups in total. The molecule has 0 atom stereocenters. The number of aliphatic imine (C=N–C) groups is 1. The SMILES string of the molecule is CCNC(=NCc1ccc(COCC)cc1)NCCCOCC1CC1. The molecule has 0 saturated heterocycles. The highest BCUT2D eigenvalue weighted by Gasteiger charge is 2.20. The molecule has 0 aromatic heterocycles. The van der Waals surface area contributed by atoms with Crippen molar-refractivity contribution in [2.75, 3.05) is 32.9 Å². The lowest BCUT2D eigenvalue weighted by Crippen LogP contribution is -2.38. The summed E-state index contributed by atoms with van der Waals surface area (Å²) in [6.45, 7) is 9.68. The Labute approximate surface area is 152 Å². The third kappa shape index (κ3) is 8.89. The summed E-state index contributed by atoms with van der Waals surface area (Å²) in [6, 6.07) is 8.45. The van der Waals surface area contributed by atoms with Crippen molar-refractivity contribution in [3.8, 4) is 0 Å². The molecule has 1 aromatic carbocycles. The Bertz CT molecular complexity index is 498. The van der Waals surface area contributed by atoms with Crippen molar-refractivity contribution >= 4 is 5.96 Å². The van der Waals surface area contributed by atoms with E-state index in [1.165, 1.54) is 24.0 Å². The summed E-state index contributed by atoms with van der Waals surface area (Å²) in [5.41, 5.74) is 2.40. The van der Waals surface area contributed by atoms with Gasteiger partial charge in [0.1, 0.15) is 0 Å². The normalized spacial score (nSPS) is 14.6. The molecule has 1 saturated carbocycles. The summed E-state index contributed by atoms with van der Waals surface area (Å²) in [5.74, 6) is 1.70. The topological polar surface area (TPSA) is 54.9 Å². The maximum absolute atomic E-state index is 5.66. The Hall–Kier alpha value is -1.59. The van der Waals surface area contributed by atoms with Gasteiger partial charge in [0, 0.05) is 32.9 Å². The van der Waals surface area contributed by atoms with Gasteiger partial charge in [0.25, 0.3) is 0 Å². The third-order valence-electron chi connectivity index (χ3n) is 4.07. The van der Waals surface area contributed by atoms with Gasteiger partial charge >= 0.3 is 0 Å². The average molecular weight is 348 g/mol. The van der Waals surface area contributed by atoms with E-state index in [1.807, 2.05) is 6.92 Å². The van der Waals surface area contributed by atoms with Crippen LogP contribution in [0.3, 0.4) is 0 Å². The molecule has 0 amide bonds. The summed E-state index contributed by atoms with van der Waals surface area (Å²) < 4.78 is 11.1. The Morgan fingerprint density at radius 1 is 1.08 bits per heavy atom. The smallest absolute Gasteiger partial charge is 0.191 e. The van der Waals surface area contributed by atoms with Crippen LogP contribution in [0.25, 0.3) is 0 Å². The van der Waals surface area contributed by atoms with E-state index in [0.29, 0.717) is 13.2 Å². The van der Waals surface area contributed by atoms with Crippen LogP contribution >= 0.6 is 0 Å². The second-order valence-corrected chi connectivity index (χ2v) is 6.45. The van der Waals surface area contributed by atoms with E-state index in [9.17, 15) is 0 Å². The van der Waals surface area contributed by atoms with Crippen LogP contribution in [0, 0.1) is 5.92 Å². The maximum Gasteiger partial charge on any atom is 0.191 e. The Morgan fingerprint density at radius 3 is 2.52 bits per heavy atom. The summed E-state index contributed by atoms with van der Waals surface area (Å²) in [6.07, 6.45) is 3.70.